The van der Waals surface area contributed by atoms with E-state index in [0.29, 0.717) is 0 Å². The minimum Gasteiger partial charge on any atom is -0.340 e. The van der Waals surface area contributed by atoms with Gasteiger partial charge in [-0.2, -0.15) is 0 Å². The second kappa shape index (κ2) is 7.88. The lowest BCUT2D eigenvalue weighted by Gasteiger charge is -2.31. The standard InChI is InChI=1S/C21H28N2S2/c1-20(2,3)16-11-9-15(10-12-16)18(21(4,5)6)25-19(24)23-17-8-7-13-22-14-17/h7-14,18H,1-6H3,(H,23,24). The molecule has 1 atom stereocenters. The summed E-state index contributed by atoms with van der Waals surface area (Å²) < 4.78 is 0.771. The molecule has 2 nitrogen and oxygen atoms in total. The summed E-state index contributed by atoms with van der Waals surface area (Å²) in [6.45, 7) is 13.5. The van der Waals surface area contributed by atoms with Gasteiger partial charge >= 0.3 is 0 Å². The van der Waals surface area contributed by atoms with Crippen molar-refractivity contribution in [3.63, 3.8) is 0 Å². The van der Waals surface area contributed by atoms with Crippen molar-refractivity contribution in [3.8, 4) is 0 Å². The third kappa shape index (κ3) is 5.82. The van der Waals surface area contributed by atoms with Gasteiger partial charge in [0.25, 0.3) is 0 Å². The summed E-state index contributed by atoms with van der Waals surface area (Å²) in [5.74, 6) is 0. The fourth-order valence-electron chi connectivity index (χ4n) is 2.59. The van der Waals surface area contributed by atoms with E-state index < -0.39 is 0 Å². The van der Waals surface area contributed by atoms with Gasteiger partial charge in [0.1, 0.15) is 4.32 Å². The third-order valence-electron chi connectivity index (χ3n) is 4.00. The summed E-state index contributed by atoms with van der Waals surface area (Å²) in [4.78, 5) is 4.13. The van der Waals surface area contributed by atoms with Crippen LogP contribution in [0.25, 0.3) is 0 Å². The zero-order valence-corrected chi connectivity index (χ0v) is 17.6. The molecule has 0 radical (unpaired) electrons. The molecule has 0 spiro atoms. The van der Waals surface area contributed by atoms with Crippen LogP contribution in [0.5, 0.6) is 0 Å². The molecule has 0 saturated carbocycles. The van der Waals surface area contributed by atoms with Gasteiger partial charge in [-0.3, -0.25) is 4.98 Å². The summed E-state index contributed by atoms with van der Waals surface area (Å²) in [7, 11) is 0. The number of hydrogen-bond acceptors (Lipinski definition) is 3. The number of nitrogens with zero attached hydrogens (tertiary/aromatic N) is 1. The molecule has 1 aromatic heterocycles. The van der Waals surface area contributed by atoms with Crippen LogP contribution in [0.2, 0.25) is 0 Å². The normalized spacial score (nSPS) is 13.4. The first kappa shape index (κ1) is 19.9. The van der Waals surface area contributed by atoms with Gasteiger partial charge in [-0.1, -0.05) is 89.8 Å². The Kier molecular flexibility index (Phi) is 6.28. The Labute approximate surface area is 161 Å². The van der Waals surface area contributed by atoms with E-state index in [9.17, 15) is 0 Å². The maximum absolute atomic E-state index is 5.59. The average molecular weight is 373 g/mol. The molecule has 134 valence electrons. The largest absolute Gasteiger partial charge is 0.340 e. The van der Waals surface area contributed by atoms with Crippen LogP contribution in [-0.2, 0) is 5.41 Å². The van der Waals surface area contributed by atoms with Gasteiger partial charge in [-0.15, -0.1) is 0 Å². The lowest BCUT2D eigenvalue weighted by molar-refractivity contribution is 0.402. The second-order valence-corrected chi connectivity index (χ2v) is 10.2. The Morgan fingerprint density at radius 3 is 2.16 bits per heavy atom. The number of aromatic nitrogens is 1. The van der Waals surface area contributed by atoms with Gasteiger partial charge in [0.15, 0.2) is 0 Å². The lowest BCUT2D eigenvalue weighted by atomic mass is 9.84. The molecule has 1 heterocycles. The number of rotatable bonds is 3. The summed E-state index contributed by atoms with van der Waals surface area (Å²) in [5, 5.41) is 3.56. The first-order valence-electron chi connectivity index (χ1n) is 8.55. The third-order valence-corrected chi connectivity index (χ3v) is 5.92. The number of pyridine rings is 1. The molecule has 0 bridgehead atoms. The molecule has 0 saturated heterocycles. The highest BCUT2D eigenvalue weighted by atomic mass is 32.2. The van der Waals surface area contributed by atoms with Crippen molar-refractivity contribution in [2.45, 2.75) is 52.2 Å². The molecule has 0 aliphatic carbocycles. The van der Waals surface area contributed by atoms with E-state index in [4.69, 9.17) is 12.2 Å². The van der Waals surface area contributed by atoms with Crippen LogP contribution >= 0.6 is 24.0 Å². The Morgan fingerprint density at radius 2 is 1.68 bits per heavy atom. The van der Waals surface area contributed by atoms with E-state index in [2.05, 4.69) is 76.1 Å². The Hall–Kier alpha value is -1.39. The Bertz CT molecular complexity index is 695. The van der Waals surface area contributed by atoms with Crippen molar-refractivity contribution in [2.75, 3.05) is 5.32 Å². The smallest absolute Gasteiger partial charge is 0.138 e. The fourth-order valence-corrected chi connectivity index (χ4v) is 4.04. The van der Waals surface area contributed by atoms with E-state index in [0.717, 1.165) is 10.0 Å². The van der Waals surface area contributed by atoms with Crippen LogP contribution in [0.1, 0.15) is 57.9 Å². The van der Waals surface area contributed by atoms with Crippen molar-refractivity contribution in [1.82, 2.24) is 4.98 Å². The van der Waals surface area contributed by atoms with E-state index in [1.807, 2.05) is 12.1 Å². The van der Waals surface area contributed by atoms with Crippen molar-refractivity contribution >= 4 is 34.0 Å². The molecule has 1 aromatic carbocycles. The first-order chi connectivity index (χ1) is 11.6. The molecule has 0 fully saturated rings. The SMILES string of the molecule is CC(C)(C)c1ccc(C(SC(=S)Nc2cccnc2)C(C)(C)C)cc1. The molecule has 0 aliphatic heterocycles. The van der Waals surface area contributed by atoms with E-state index in [-0.39, 0.29) is 16.1 Å². The highest BCUT2D eigenvalue weighted by Crippen LogP contribution is 2.44. The van der Waals surface area contributed by atoms with Crippen LogP contribution in [0.3, 0.4) is 0 Å². The highest BCUT2D eigenvalue weighted by Gasteiger charge is 2.28. The summed E-state index contributed by atoms with van der Waals surface area (Å²) in [6, 6.07) is 12.9. The molecule has 0 amide bonds. The van der Waals surface area contributed by atoms with Crippen LogP contribution in [0.4, 0.5) is 5.69 Å². The summed E-state index contributed by atoms with van der Waals surface area (Å²) in [5.41, 5.74) is 3.84. The van der Waals surface area contributed by atoms with E-state index in [1.165, 1.54) is 11.1 Å². The summed E-state index contributed by atoms with van der Waals surface area (Å²) in [6.07, 6.45) is 3.55. The monoisotopic (exact) mass is 372 g/mol. The number of thiocarbonyl (C=S) groups is 1. The predicted octanol–water partition coefficient (Wildman–Crippen LogP) is 6.60. The zero-order chi connectivity index (χ0) is 18.7. The average Bonchev–Trinajstić information content (AvgIpc) is 2.52. The molecule has 4 heteroatoms. The minimum atomic E-state index is 0.0919. The van der Waals surface area contributed by atoms with Gasteiger partial charge in [0, 0.05) is 11.4 Å². The topological polar surface area (TPSA) is 24.9 Å². The van der Waals surface area contributed by atoms with E-state index >= 15 is 0 Å². The van der Waals surface area contributed by atoms with Gasteiger partial charge in [-0.25, -0.2) is 0 Å². The fraction of sp³-hybridized carbons (Fsp3) is 0.429. The van der Waals surface area contributed by atoms with Crippen LogP contribution in [-0.4, -0.2) is 9.30 Å². The highest BCUT2D eigenvalue weighted by molar-refractivity contribution is 8.23. The van der Waals surface area contributed by atoms with Crippen LogP contribution in [0, 0.1) is 5.41 Å². The maximum Gasteiger partial charge on any atom is 0.138 e. The number of benzene rings is 1. The van der Waals surface area contributed by atoms with Crippen molar-refractivity contribution < 1.29 is 0 Å². The summed E-state index contributed by atoms with van der Waals surface area (Å²) >= 11 is 7.30. The quantitative estimate of drug-likeness (QED) is 0.614. The number of anilines is 1. The first-order valence-corrected chi connectivity index (χ1v) is 9.84. The number of hydrogen-bond donors (Lipinski definition) is 1. The molecule has 0 aliphatic rings. The van der Waals surface area contributed by atoms with Gasteiger partial charge in [0.05, 0.1) is 11.9 Å². The molecular weight excluding hydrogens is 344 g/mol. The van der Waals surface area contributed by atoms with Crippen molar-refractivity contribution in [3.05, 3.63) is 59.9 Å². The second-order valence-electron chi connectivity index (χ2n) is 8.39. The minimum absolute atomic E-state index is 0.0919. The zero-order valence-electron chi connectivity index (χ0n) is 16.0. The number of thioether (sulfide) groups is 1. The van der Waals surface area contributed by atoms with Gasteiger partial charge < -0.3 is 5.32 Å². The van der Waals surface area contributed by atoms with E-state index in [1.54, 1.807) is 24.2 Å². The predicted molar refractivity (Wildman–Crippen MR) is 115 cm³/mol. The molecule has 2 aromatic rings. The molecule has 1 N–H and O–H groups in total. The van der Waals surface area contributed by atoms with Crippen LogP contribution in [0.15, 0.2) is 48.8 Å². The molecule has 2 rings (SSSR count). The molecular formula is C21H28N2S2. The molecule has 1 unspecified atom stereocenters. The Morgan fingerprint density at radius 1 is 1.04 bits per heavy atom. The lowest BCUT2D eigenvalue weighted by Crippen LogP contribution is -2.19. The van der Waals surface area contributed by atoms with Gasteiger partial charge in [-0.05, 0) is 34.1 Å². The van der Waals surface area contributed by atoms with Crippen LogP contribution < -0.4 is 5.32 Å². The maximum atomic E-state index is 5.59. The number of nitrogens with one attached hydrogen (secondary N) is 1. The van der Waals surface area contributed by atoms with Crippen molar-refractivity contribution in [2.24, 2.45) is 5.41 Å². The Balaban J connectivity index is 2.18. The molecule has 25 heavy (non-hydrogen) atoms. The van der Waals surface area contributed by atoms with Crippen molar-refractivity contribution in [1.29, 1.82) is 0 Å². The van der Waals surface area contributed by atoms with Gasteiger partial charge in [0.2, 0.25) is 0 Å².